The number of likely N-dealkylation sites (N-methyl/N-ethyl adjacent to an activating group) is 1. The van der Waals surface area contributed by atoms with Crippen LogP contribution in [0.5, 0.6) is 11.5 Å². The fraction of sp³-hybridized carbons (Fsp3) is 0.526. The Labute approximate surface area is 138 Å². The molecule has 1 aromatic carbocycles. The van der Waals surface area contributed by atoms with Crippen molar-refractivity contribution in [2.45, 2.75) is 38.1 Å². The van der Waals surface area contributed by atoms with E-state index < -0.39 is 0 Å². The fourth-order valence-electron chi connectivity index (χ4n) is 3.88. The van der Waals surface area contributed by atoms with Crippen molar-refractivity contribution >= 4 is 5.78 Å². The first kappa shape index (κ1) is 16.1. The van der Waals surface area contributed by atoms with Crippen LogP contribution in [-0.2, 0) is 10.2 Å². The first-order chi connectivity index (χ1) is 11.1. The van der Waals surface area contributed by atoms with Gasteiger partial charge in [-0.1, -0.05) is 12.1 Å². The van der Waals surface area contributed by atoms with E-state index in [1.165, 1.54) is 5.56 Å². The Morgan fingerprint density at radius 2 is 1.96 bits per heavy atom. The number of allylic oxidation sites excluding steroid dienone is 1. The molecule has 3 rings (SSSR count). The molecule has 0 amide bonds. The second-order valence-corrected chi connectivity index (χ2v) is 6.32. The highest BCUT2D eigenvalue weighted by atomic mass is 16.5. The van der Waals surface area contributed by atoms with E-state index in [4.69, 9.17) is 9.47 Å². The first-order valence-electron chi connectivity index (χ1n) is 8.43. The van der Waals surface area contributed by atoms with Gasteiger partial charge < -0.3 is 14.4 Å². The molecule has 2 unspecified atom stereocenters. The third-order valence-corrected chi connectivity index (χ3v) is 5.05. The molecule has 0 spiro atoms. The third kappa shape index (κ3) is 2.76. The van der Waals surface area contributed by atoms with Crippen LogP contribution in [0.4, 0.5) is 0 Å². The van der Waals surface area contributed by atoms with Gasteiger partial charge in [0.2, 0.25) is 0 Å². The average molecular weight is 315 g/mol. The van der Waals surface area contributed by atoms with E-state index in [0.717, 1.165) is 24.5 Å². The monoisotopic (exact) mass is 315 g/mol. The van der Waals surface area contributed by atoms with Gasteiger partial charge >= 0.3 is 0 Å². The lowest BCUT2D eigenvalue weighted by molar-refractivity contribution is -0.116. The smallest absolute Gasteiger partial charge is 0.161 e. The van der Waals surface area contributed by atoms with Crippen molar-refractivity contribution in [3.05, 3.63) is 35.9 Å². The second kappa shape index (κ2) is 6.36. The highest BCUT2D eigenvalue weighted by molar-refractivity contribution is 5.92. The molecule has 0 aromatic heterocycles. The number of ether oxygens (including phenoxy) is 2. The molecule has 2 atom stereocenters. The topological polar surface area (TPSA) is 38.8 Å². The van der Waals surface area contributed by atoms with E-state index in [2.05, 4.69) is 30.2 Å². The molecule has 23 heavy (non-hydrogen) atoms. The molecule has 124 valence electrons. The molecule has 1 aromatic rings. The van der Waals surface area contributed by atoms with Gasteiger partial charge in [-0.2, -0.15) is 0 Å². The predicted octanol–water partition coefficient (Wildman–Crippen LogP) is 2.95. The highest BCUT2D eigenvalue weighted by Crippen LogP contribution is 2.46. The van der Waals surface area contributed by atoms with Crippen LogP contribution < -0.4 is 9.47 Å². The molecule has 2 aliphatic rings. The number of carbonyl (C=O) groups is 1. The van der Waals surface area contributed by atoms with Crippen LogP contribution in [0.2, 0.25) is 0 Å². The van der Waals surface area contributed by atoms with E-state index in [1.807, 2.05) is 19.9 Å². The zero-order chi connectivity index (χ0) is 16.4. The summed E-state index contributed by atoms with van der Waals surface area (Å²) in [7, 11) is 2.11. The molecule has 1 aliphatic heterocycles. The van der Waals surface area contributed by atoms with Crippen molar-refractivity contribution in [3.8, 4) is 11.5 Å². The molecule has 4 nitrogen and oxygen atoms in total. The van der Waals surface area contributed by atoms with Gasteiger partial charge in [0.15, 0.2) is 17.3 Å². The maximum atomic E-state index is 11.9. The Morgan fingerprint density at radius 1 is 1.22 bits per heavy atom. The lowest BCUT2D eigenvalue weighted by Gasteiger charge is -2.37. The summed E-state index contributed by atoms with van der Waals surface area (Å²) in [4.78, 5) is 14.2. The Balaban J connectivity index is 2.04. The highest BCUT2D eigenvalue weighted by Gasteiger charge is 2.48. The van der Waals surface area contributed by atoms with Crippen LogP contribution >= 0.6 is 0 Å². The quantitative estimate of drug-likeness (QED) is 0.837. The van der Waals surface area contributed by atoms with E-state index >= 15 is 0 Å². The van der Waals surface area contributed by atoms with Gasteiger partial charge in [-0.15, -0.1) is 0 Å². The molecule has 0 N–H and O–H groups in total. The van der Waals surface area contributed by atoms with Crippen molar-refractivity contribution in [2.75, 3.05) is 26.8 Å². The summed E-state index contributed by atoms with van der Waals surface area (Å²) in [5.41, 5.74) is 1.11. The summed E-state index contributed by atoms with van der Waals surface area (Å²) in [5.74, 6) is 1.79. The van der Waals surface area contributed by atoms with Crippen LogP contribution in [0.3, 0.4) is 0 Å². The number of nitrogens with zero attached hydrogens (tertiary/aromatic N) is 1. The van der Waals surface area contributed by atoms with Crippen LogP contribution in [0.25, 0.3) is 0 Å². The zero-order valence-electron chi connectivity index (χ0n) is 14.2. The molecule has 0 bridgehead atoms. The van der Waals surface area contributed by atoms with Crippen LogP contribution in [0.15, 0.2) is 30.4 Å². The van der Waals surface area contributed by atoms with Crippen LogP contribution in [0.1, 0.15) is 32.3 Å². The average Bonchev–Trinajstić information content (AvgIpc) is 2.88. The Kier molecular flexibility index (Phi) is 4.44. The van der Waals surface area contributed by atoms with Crippen molar-refractivity contribution in [1.29, 1.82) is 0 Å². The van der Waals surface area contributed by atoms with Crippen molar-refractivity contribution in [2.24, 2.45) is 0 Å². The molecule has 4 heteroatoms. The van der Waals surface area contributed by atoms with E-state index in [0.29, 0.717) is 19.6 Å². The van der Waals surface area contributed by atoms with E-state index in [-0.39, 0.29) is 17.2 Å². The molecule has 1 aliphatic carbocycles. The standard InChI is InChI=1S/C19H25NO3/c1-4-22-16-7-6-14(12-17(16)23-5-2)19-9-8-15(21)13-18(19)20(3)11-10-19/h6-9,12,18H,4-5,10-11,13H2,1-3H3. The Hall–Kier alpha value is -1.81. The Morgan fingerprint density at radius 3 is 2.70 bits per heavy atom. The molecule has 0 saturated carbocycles. The summed E-state index contributed by atoms with van der Waals surface area (Å²) in [6.45, 7) is 6.17. The van der Waals surface area contributed by atoms with Gasteiger partial charge in [0.05, 0.1) is 13.2 Å². The van der Waals surface area contributed by atoms with Crippen LogP contribution in [0, 0.1) is 0 Å². The van der Waals surface area contributed by atoms with Gasteiger partial charge in [-0.05, 0) is 57.6 Å². The number of benzene rings is 1. The van der Waals surface area contributed by atoms with Gasteiger partial charge in [-0.3, -0.25) is 4.79 Å². The largest absolute Gasteiger partial charge is 0.490 e. The SMILES string of the molecule is CCOc1ccc(C23C=CC(=O)CC2N(C)CC3)cc1OCC. The van der Waals surface area contributed by atoms with Gasteiger partial charge in [0.1, 0.15) is 0 Å². The number of hydrogen-bond acceptors (Lipinski definition) is 4. The van der Waals surface area contributed by atoms with Crippen molar-refractivity contribution in [3.63, 3.8) is 0 Å². The normalized spacial score (nSPS) is 27.1. The van der Waals surface area contributed by atoms with Gasteiger partial charge in [-0.25, -0.2) is 0 Å². The maximum absolute atomic E-state index is 11.9. The summed E-state index contributed by atoms with van der Waals surface area (Å²) < 4.78 is 11.5. The summed E-state index contributed by atoms with van der Waals surface area (Å²) >= 11 is 0. The van der Waals surface area contributed by atoms with Crippen molar-refractivity contribution < 1.29 is 14.3 Å². The molecular weight excluding hydrogens is 290 g/mol. The lowest BCUT2D eigenvalue weighted by Crippen LogP contribution is -2.43. The predicted molar refractivity (Wildman–Crippen MR) is 90.3 cm³/mol. The molecule has 1 heterocycles. The number of fused-ring (bicyclic) bond motifs is 1. The van der Waals surface area contributed by atoms with Gasteiger partial charge in [0.25, 0.3) is 0 Å². The van der Waals surface area contributed by atoms with Crippen molar-refractivity contribution in [1.82, 2.24) is 4.90 Å². The van der Waals surface area contributed by atoms with E-state index in [1.54, 1.807) is 6.08 Å². The van der Waals surface area contributed by atoms with Gasteiger partial charge in [0, 0.05) is 17.9 Å². The third-order valence-electron chi connectivity index (χ3n) is 5.05. The van der Waals surface area contributed by atoms with Crippen LogP contribution in [-0.4, -0.2) is 43.5 Å². The lowest BCUT2D eigenvalue weighted by atomic mass is 9.69. The molecule has 1 fully saturated rings. The number of rotatable bonds is 5. The first-order valence-corrected chi connectivity index (χ1v) is 8.43. The maximum Gasteiger partial charge on any atom is 0.161 e. The summed E-state index contributed by atoms with van der Waals surface area (Å²) in [6, 6.07) is 6.45. The molecule has 0 radical (unpaired) electrons. The zero-order valence-corrected chi connectivity index (χ0v) is 14.2. The van der Waals surface area contributed by atoms with E-state index in [9.17, 15) is 4.79 Å². The number of hydrogen-bond donors (Lipinski definition) is 0. The summed E-state index contributed by atoms with van der Waals surface area (Å²) in [5, 5.41) is 0. The number of carbonyl (C=O) groups excluding carboxylic acids is 1. The molecule has 1 saturated heterocycles. The fourth-order valence-corrected chi connectivity index (χ4v) is 3.88. The summed E-state index contributed by atoms with van der Waals surface area (Å²) in [6.07, 6.45) is 5.48. The number of likely N-dealkylation sites (tertiary alicyclic amines) is 1. The number of ketones is 1. The second-order valence-electron chi connectivity index (χ2n) is 6.32. The minimum atomic E-state index is -0.0980. The molecular formula is C19H25NO3. The Bertz CT molecular complexity index is 625. The minimum absolute atomic E-state index is 0.0980. The minimum Gasteiger partial charge on any atom is -0.490 e.